The second kappa shape index (κ2) is 3.34. The summed E-state index contributed by atoms with van der Waals surface area (Å²) in [6, 6.07) is 0. The predicted molar refractivity (Wildman–Crippen MR) is 66.1 cm³/mol. The quantitative estimate of drug-likeness (QED) is 0.470. The number of ether oxygens (including phenoxy) is 1. The van der Waals surface area contributed by atoms with Crippen molar-refractivity contribution in [2.45, 2.75) is 39.5 Å². The molecule has 1 aliphatic heterocycles. The molecule has 2 aliphatic carbocycles. The number of carbonyl (C=O) groups is 1. The van der Waals surface area contributed by atoms with E-state index in [1.807, 2.05) is 6.92 Å². The highest BCUT2D eigenvalue weighted by Gasteiger charge is 2.44. The van der Waals surface area contributed by atoms with E-state index in [2.05, 4.69) is 19.6 Å². The Morgan fingerprint density at radius 1 is 1.53 bits per heavy atom. The van der Waals surface area contributed by atoms with Crippen molar-refractivity contribution < 1.29 is 9.53 Å². The summed E-state index contributed by atoms with van der Waals surface area (Å²) in [5.74, 6) is 1.14. The fraction of sp³-hybridized carbons (Fsp3) is 0.533. The van der Waals surface area contributed by atoms with E-state index >= 15 is 0 Å². The Balaban J connectivity index is 2.09. The lowest BCUT2D eigenvalue weighted by atomic mass is 9.60. The van der Waals surface area contributed by atoms with Gasteiger partial charge in [0.15, 0.2) is 0 Å². The Morgan fingerprint density at radius 3 is 3.06 bits per heavy atom. The Hall–Kier alpha value is -1.31. The highest BCUT2D eigenvalue weighted by Crippen LogP contribution is 2.53. The Labute approximate surface area is 102 Å². The number of hydrogen-bond donors (Lipinski definition) is 0. The summed E-state index contributed by atoms with van der Waals surface area (Å²) in [6.45, 7) is 8.36. The fourth-order valence-electron chi connectivity index (χ4n) is 3.48. The number of fused-ring (bicyclic) bond motifs is 2. The lowest BCUT2D eigenvalue weighted by Crippen LogP contribution is -2.34. The van der Waals surface area contributed by atoms with Crippen LogP contribution in [0.1, 0.15) is 39.5 Å². The maximum Gasteiger partial charge on any atom is 0.339 e. The summed E-state index contributed by atoms with van der Waals surface area (Å²) in [5, 5.41) is 0. The molecule has 0 bridgehead atoms. The molecule has 2 nitrogen and oxygen atoms in total. The van der Waals surface area contributed by atoms with Crippen molar-refractivity contribution in [1.82, 2.24) is 0 Å². The minimum Gasteiger partial charge on any atom is -0.423 e. The highest BCUT2D eigenvalue weighted by molar-refractivity contribution is 5.94. The van der Waals surface area contributed by atoms with E-state index in [1.54, 1.807) is 0 Å². The molecule has 0 aromatic rings. The van der Waals surface area contributed by atoms with Crippen molar-refractivity contribution in [2.24, 2.45) is 11.3 Å². The molecule has 3 aliphatic rings. The molecule has 1 heterocycles. The SMILES string of the molecule is C=C1CCCC2(C)C=C3OC(=O)C(C)=C3C[C@@H]12. The molecule has 0 aromatic heterocycles. The Morgan fingerprint density at radius 2 is 2.29 bits per heavy atom. The van der Waals surface area contributed by atoms with Crippen LogP contribution < -0.4 is 0 Å². The van der Waals surface area contributed by atoms with Crippen molar-refractivity contribution in [2.75, 3.05) is 0 Å². The van der Waals surface area contributed by atoms with Gasteiger partial charge in [-0.15, -0.1) is 0 Å². The van der Waals surface area contributed by atoms with Gasteiger partial charge in [0.2, 0.25) is 0 Å². The standard InChI is InChI=1S/C15H18O2/c1-9-5-4-6-15(3)8-13-11(7-12(9)15)10(2)14(16)17-13/h8,12H,1,4-7H2,2-3H3/t12-,15?/m0/s1. The summed E-state index contributed by atoms with van der Waals surface area (Å²) >= 11 is 0. The van der Waals surface area contributed by atoms with Crippen LogP contribution in [0.5, 0.6) is 0 Å². The van der Waals surface area contributed by atoms with Gasteiger partial charge in [0.1, 0.15) is 5.76 Å². The van der Waals surface area contributed by atoms with Gasteiger partial charge in [-0.25, -0.2) is 4.79 Å². The number of allylic oxidation sites excluding steroid dienone is 3. The van der Waals surface area contributed by atoms with Crippen molar-refractivity contribution in [3.63, 3.8) is 0 Å². The number of carbonyl (C=O) groups excluding carboxylic acids is 1. The van der Waals surface area contributed by atoms with Crippen molar-refractivity contribution in [3.05, 3.63) is 35.1 Å². The molecule has 0 amide bonds. The van der Waals surface area contributed by atoms with Crippen LogP contribution in [-0.4, -0.2) is 5.97 Å². The normalized spacial score (nSPS) is 36.4. The van der Waals surface area contributed by atoms with Gasteiger partial charge in [0.05, 0.1) is 0 Å². The van der Waals surface area contributed by atoms with Crippen LogP contribution in [0.4, 0.5) is 0 Å². The lowest BCUT2D eigenvalue weighted by molar-refractivity contribution is -0.133. The van der Waals surface area contributed by atoms with E-state index in [9.17, 15) is 4.79 Å². The summed E-state index contributed by atoms with van der Waals surface area (Å²) in [7, 11) is 0. The van der Waals surface area contributed by atoms with E-state index in [1.165, 1.54) is 18.4 Å². The minimum atomic E-state index is -0.167. The molecule has 3 rings (SSSR count). The van der Waals surface area contributed by atoms with E-state index < -0.39 is 0 Å². The van der Waals surface area contributed by atoms with Gasteiger partial charge < -0.3 is 4.74 Å². The third-order valence-electron chi connectivity index (χ3n) is 4.63. The van der Waals surface area contributed by atoms with Crippen LogP contribution in [0, 0.1) is 11.3 Å². The maximum absolute atomic E-state index is 11.6. The lowest BCUT2D eigenvalue weighted by Gasteiger charge is -2.44. The number of hydrogen-bond acceptors (Lipinski definition) is 2. The van der Waals surface area contributed by atoms with Gasteiger partial charge >= 0.3 is 5.97 Å². The predicted octanol–water partition coefficient (Wildman–Crippen LogP) is 3.51. The second-order valence-electron chi connectivity index (χ2n) is 5.78. The first-order valence-corrected chi connectivity index (χ1v) is 6.34. The first kappa shape index (κ1) is 10.8. The third-order valence-corrected chi connectivity index (χ3v) is 4.63. The van der Waals surface area contributed by atoms with Crippen LogP contribution in [0.2, 0.25) is 0 Å². The van der Waals surface area contributed by atoms with Crippen LogP contribution in [0.15, 0.2) is 35.1 Å². The molecule has 0 radical (unpaired) electrons. The minimum absolute atomic E-state index is 0.138. The molecule has 0 spiro atoms. The Bertz CT molecular complexity index is 481. The molecule has 0 saturated heterocycles. The van der Waals surface area contributed by atoms with Gasteiger partial charge in [-0.05, 0) is 50.0 Å². The topological polar surface area (TPSA) is 26.3 Å². The van der Waals surface area contributed by atoms with Crippen LogP contribution >= 0.6 is 0 Å². The zero-order valence-electron chi connectivity index (χ0n) is 10.5. The molecule has 1 unspecified atom stereocenters. The monoisotopic (exact) mass is 230 g/mol. The molecule has 2 atom stereocenters. The van der Waals surface area contributed by atoms with Crippen molar-refractivity contribution >= 4 is 5.97 Å². The van der Waals surface area contributed by atoms with Crippen molar-refractivity contribution in [3.8, 4) is 0 Å². The summed E-state index contributed by atoms with van der Waals surface area (Å²) in [4.78, 5) is 11.6. The fourth-order valence-corrected chi connectivity index (χ4v) is 3.48. The smallest absolute Gasteiger partial charge is 0.339 e. The summed E-state index contributed by atoms with van der Waals surface area (Å²) in [6.07, 6.45) is 6.60. The average Bonchev–Trinajstić information content (AvgIpc) is 2.52. The Kier molecular flexibility index (Phi) is 2.13. The molecule has 0 N–H and O–H groups in total. The largest absolute Gasteiger partial charge is 0.423 e. The highest BCUT2D eigenvalue weighted by atomic mass is 16.5. The molecule has 90 valence electrons. The average molecular weight is 230 g/mol. The zero-order chi connectivity index (χ0) is 12.2. The van der Waals surface area contributed by atoms with Crippen LogP contribution in [0.3, 0.4) is 0 Å². The van der Waals surface area contributed by atoms with E-state index in [-0.39, 0.29) is 11.4 Å². The second-order valence-corrected chi connectivity index (χ2v) is 5.78. The van der Waals surface area contributed by atoms with Gasteiger partial charge in [-0.2, -0.15) is 0 Å². The number of rotatable bonds is 0. The van der Waals surface area contributed by atoms with E-state index in [4.69, 9.17) is 4.74 Å². The molecule has 2 heteroatoms. The van der Waals surface area contributed by atoms with Crippen molar-refractivity contribution in [1.29, 1.82) is 0 Å². The first-order chi connectivity index (χ1) is 8.01. The van der Waals surface area contributed by atoms with Gasteiger partial charge in [0, 0.05) is 11.1 Å². The molecular weight excluding hydrogens is 212 g/mol. The van der Waals surface area contributed by atoms with Gasteiger partial charge in [-0.1, -0.05) is 19.1 Å². The van der Waals surface area contributed by atoms with E-state index in [0.717, 1.165) is 29.7 Å². The zero-order valence-corrected chi connectivity index (χ0v) is 10.5. The van der Waals surface area contributed by atoms with Crippen LogP contribution in [0.25, 0.3) is 0 Å². The third kappa shape index (κ3) is 1.43. The first-order valence-electron chi connectivity index (χ1n) is 6.34. The number of esters is 1. The van der Waals surface area contributed by atoms with E-state index in [0.29, 0.717) is 5.92 Å². The summed E-state index contributed by atoms with van der Waals surface area (Å²) in [5.41, 5.74) is 3.38. The molecule has 17 heavy (non-hydrogen) atoms. The van der Waals surface area contributed by atoms with Crippen LogP contribution in [-0.2, 0) is 9.53 Å². The molecular formula is C15H18O2. The molecule has 1 saturated carbocycles. The van der Waals surface area contributed by atoms with Gasteiger partial charge in [-0.3, -0.25) is 0 Å². The summed E-state index contributed by atoms with van der Waals surface area (Å²) < 4.78 is 5.35. The van der Waals surface area contributed by atoms with Gasteiger partial charge in [0.25, 0.3) is 0 Å². The molecule has 1 fully saturated rings. The maximum atomic E-state index is 11.6. The molecule has 0 aromatic carbocycles.